The highest BCUT2D eigenvalue weighted by molar-refractivity contribution is 14.1. The topological polar surface area (TPSA) is 20.2 Å². The Labute approximate surface area is 126 Å². The van der Waals surface area contributed by atoms with Crippen LogP contribution in [0.15, 0.2) is 6.07 Å². The standard InChI is InChI=1S/C11H13BrI2O/c1-2-3-4-7-8(6-12)11(15)10(14)5-9(7)13/h5,15H,2-4,6H2,1H3. The minimum Gasteiger partial charge on any atom is -0.507 e. The fraction of sp³-hybridized carbons (Fsp3) is 0.455. The van der Waals surface area contributed by atoms with Gasteiger partial charge in [0.1, 0.15) is 5.75 Å². The Balaban J connectivity index is 3.16. The number of hydrogen-bond acceptors (Lipinski definition) is 1. The van der Waals surface area contributed by atoms with Gasteiger partial charge in [-0.15, -0.1) is 0 Å². The van der Waals surface area contributed by atoms with Gasteiger partial charge in [-0.25, -0.2) is 0 Å². The molecule has 1 aromatic rings. The van der Waals surface area contributed by atoms with Crippen LogP contribution < -0.4 is 0 Å². The molecule has 0 aliphatic carbocycles. The molecule has 0 atom stereocenters. The maximum absolute atomic E-state index is 9.96. The first-order valence-corrected chi connectivity index (χ1v) is 8.14. The molecule has 0 aliphatic rings. The lowest BCUT2D eigenvalue weighted by atomic mass is 10.0. The average molecular weight is 495 g/mol. The summed E-state index contributed by atoms with van der Waals surface area (Å²) in [4.78, 5) is 0. The number of phenolic OH excluding ortho intramolecular Hbond substituents is 1. The first kappa shape index (κ1) is 14.0. The smallest absolute Gasteiger partial charge is 0.133 e. The molecule has 0 saturated carbocycles. The third-order valence-electron chi connectivity index (χ3n) is 2.33. The average Bonchev–Trinajstić information content (AvgIpc) is 2.21. The Bertz CT molecular complexity index is 353. The maximum Gasteiger partial charge on any atom is 0.133 e. The summed E-state index contributed by atoms with van der Waals surface area (Å²) < 4.78 is 2.20. The zero-order valence-corrected chi connectivity index (χ0v) is 14.4. The van der Waals surface area contributed by atoms with Gasteiger partial charge in [0.05, 0.1) is 3.57 Å². The number of phenols is 1. The minimum atomic E-state index is 0.444. The van der Waals surface area contributed by atoms with Crippen LogP contribution in [0.4, 0.5) is 0 Å². The lowest BCUT2D eigenvalue weighted by Gasteiger charge is -2.13. The Morgan fingerprint density at radius 1 is 1.27 bits per heavy atom. The molecule has 0 amide bonds. The van der Waals surface area contributed by atoms with Crippen molar-refractivity contribution < 1.29 is 5.11 Å². The molecule has 0 unspecified atom stereocenters. The van der Waals surface area contributed by atoms with Gasteiger partial charge in [0.2, 0.25) is 0 Å². The van der Waals surface area contributed by atoms with Gasteiger partial charge < -0.3 is 5.11 Å². The van der Waals surface area contributed by atoms with Crippen molar-refractivity contribution in [3.8, 4) is 5.75 Å². The van der Waals surface area contributed by atoms with Crippen molar-refractivity contribution >= 4 is 61.1 Å². The number of halogens is 3. The fourth-order valence-electron chi connectivity index (χ4n) is 1.47. The monoisotopic (exact) mass is 494 g/mol. The number of unbranched alkanes of at least 4 members (excludes halogenated alkanes) is 1. The quantitative estimate of drug-likeness (QED) is 0.469. The molecule has 4 heteroatoms. The summed E-state index contributed by atoms with van der Waals surface area (Å²) in [6.45, 7) is 2.19. The van der Waals surface area contributed by atoms with E-state index in [0.29, 0.717) is 5.75 Å². The van der Waals surface area contributed by atoms with E-state index >= 15 is 0 Å². The van der Waals surface area contributed by atoms with Crippen molar-refractivity contribution in [2.75, 3.05) is 0 Å². The van der Waals surface area contributed by atoms with Crippen LogP contribution in [0, 0.1) is 7.14 Å². The summed E-state index contributed by atoms with van der Waals surface area (Å²) in [7, 11) is 0. The summed E-state index contributed by atoms with van der Waals surface area (Å²) in [5.74, 6) is 0.444. The first-order chi connectivity index (χ1) is 7.11. The molecule has 1 rings (SSSR count). The Hall–Kier alpha value is 0.960. The highest BCUT2D eigenvalue weighted by atomic mass is 127. The van der Waals surface area contributed by atoms with Gasteiger partial charge >= 0.3 is 0 Å². The molecule has 0 radical (unpaired) electrons. The molecular formula is C11H13BrI2O. The molecule has 0 aliphatic heterocycles. The van der Waals surface area contributed by atoms with Crippen molar-refractivity contribution in [1.82, 2.24) is 0 Å². The molecule has 1 nitrogen and oxygen atoms in total. The number of hydrogen-bond donors (Lipinski definition) is 1. The molecule has 15 heavy (non-hydrogen) atoms. The van der Waals surface area contributed by atoms with Gasteiger partial charge in [0.15, 0.2) is 0 Å². The van der Waals surface area contributed by atoms with E-state index < -0.39 is 0 Å². The molecule has 84 valence electrons. The number of benzene rings is 1. The van der Waals surface area contributed by atoms with Gasteiger partial charge in [-0.2, -0.15) is 0 Å². The molecule has 1 aromatic carbocycles. The van der Waals surface area contributed by atoms with E-state index in [1.54, 1.807) is 0 Å². The minimum absolute atomic E-state index is 0.444. The Morgan fingerprint density at radius 2 is 1.93 bits per heavy atom. The normalized spacial score (nSPS) is 10.7. The molecule has 0 aromatic heterocycles. The Kier molecular flexibility index (Phi) is 6.20. The third-order valence-corrected chi connectivity index (χ3v) is 4.68. The van der Waals surface area contributed by atoms with Gasteiger partial charge in [0.25, 0.3) is 0 Å². The van der Waals surface area contributed by atoms with Gasteiger partial charge in [0, 0.05) is 14.5 Å². The first-order valence-electron chi connectivity index (χ1n) is 4.86. The zero-order valence-electron chi connectivity index (χ0n) is 8.49. The molecule has 0 heterocycles. The second-order valence-corrected chi connectivity index (χ2v) is 6.27. The lowest BCUT2D eigenvalue weighted by molar-refractivity contribution is 0.465. The molecule has 0 spiro atoms. The van der Waals surface area contributed by atoms with E-state index in [2.05, 4.69) is 68.0 Å². The van der Waals surface area contributed by atoms with Crippen molar-refractivity contribution in [2.45, 2.75) is 31.5 Å². The highest BCUT2D eigenvalue weighted by Crippen LogP contribution is 2.33. The summed E-state index contributed by atoms with van der Waals surface area (Å²) in [6, 6.07) is 2.05. The molecular weight excluding hydrogens is 482 g/mol. The van der Waals surface area contributed by atoms with Crippen LogP contribution in [0.5, 0.6) is 5.75 Å². The van der Waals surface area contributed by atoms with Crippen LogP contribution in [0.25, 0.3) is 0 Å². The van der Waals surface area contributed by atoms with E-state index in [0.717, 1.165) is 20.9 Å². The molecule has 1 N–H and O–H groups in total. The second kappa shape index (κ2) is 6.64. The Morgan fingerprint density at radius 3 is 2.47 bits per heavy atom. The van der Waals surface area contributed by atoms with Crippen LogP contribution in [0.2, 0.25) is 0 Å². The van der Waals surface area contributed by atoms with Gasteiger partial charge in [-0.05, 0) is 69.7 Å². The van der Waals surface area contributed by atoms with Crippen molar-refractivity contribution in [3.05, 3.63) is 24.3 Å². The third kappa shape index (κ3) is 3.46. The van der Waals surface area contributed by atoms with E-state index in [1.165, 1.54) is 22.0 Å². The van der Waals surface area contributed by atoms with Crippen LogP contribution in [0.3, 0.4) is 0 Å². The van der Waals surface area contributed by atoms with Crippen LogP contribution >= 0.6 is 61.1 Å². The summed E-state index contributed by atoms with van der Waals surface area (Å²) in [5, 5.41) is 10.7. The number of aromatic hydroxyl groups is 1. The largest absolute Gasteiger partial charge is 0.507 e. The van der Waals surface area contributed by atoms with Crippen LogP contribution in [0.1, 0.15) is 30.9 Å². The fourth-order valence-corrected chi connectivity index (χ4v) is 4.21. The summed E-state index contributed by atoms with van der Waals surface area (Å²) >= 11 is 7.98. The number of rotatable bonds is 4. The predicted molar refractivity (Wildman–Crippen MR) is 84.8 cm³/mol. The van der Waals surface area contributed by atoms with Gasteiger partial charge in [-0.1, -0.05) is 29.3 Å². The molecule has 0 saturated heterocycles. The van der Waals surface area contributed by atoms with E-state index in [1.807, 2.05) is 6.07 Å². The van der Waals surface area contributed by atoms with Gasteiger partial charge in [-0.3, -0.25) is 0 Å². The van der Waals surface area contributed by atoms with Crippen molar-refractivity contribution in [2.24, 2.45) is 0 Å². The molecule has 0 bridgehead atoms. The van der Waals surface area contributed by atoms with Crippen LogP contribution in [-0.2, 0) is 11.8 Å². The maximum atomic E-state index is 9.96. The lowest BCUT2D eigenvalue weighted by Crippen LogP contribution is -1.98. The van der Waals surface area contributed by atoms with Crippen molar-refractivity contribution in [3.63, 3.8) is 0 Å². The number of alkyl halides is 1. The summed E-state index contributed by atoms with van der Waals surface area (Å²) in [6.07, 6.45) is 3.42. The summed E-state index contributed by atoms with van der Waals surface area (Å²) in [5.41, 5.74) is 2.35. The van der Waals surface area contributed by atoms with E-state index in [-0.39, 0.29) is 0 Å². The zero-order chi connectivity index (χ0) is 11.4. The SMILES string of the molecule is CCCCc1c(I)cc(I)c(O)c1CBr. The van der Waals surface area contributed by atoms with E-state index in [9.17, 15) is 5.11 Å². The predicted octanol–water partition coefficient (Wildman–Crippen LogP) is 4.84. The van der Waals surface area contributed by atoms with Crippen molar-refractivity contribution in [1.29, 1.82) is 0 Å². The second-order valence-electron chi connectivity index (χ2n) is 3.38. The highest BCUT2D eigenvalue weighted by Gasteiger charge is 2.13. The van der Waals surface area contributed by atoms with E-state index in [4.69, 9.17) is 0 Å². The van der Waals surface area contributed by atoms with Crippen LogP contribution in [-0.4, -0.2) is 5.11 Å². The molecule has 0 fully saturated rings.